The van der Waals surface area contributed by atoms with Crippen LogP contribution in [-0.4, -0.2) is 12.1 Å². The number of hydrogen-bond acceptors (Lipinski definition) is 4. The lowest BCUT2D eigenvalue weighted by atomic mass is 10.0. The van der Waals surface area contributed by atoms with Crippen LogP contribution in [0.5, 0.6) is 5.75 Å². The number of hydrogen-bond donors (Lipinski definition) is 0. The minimum Gasteiger partial charge on any atom is -0.496 e. The summed E-state index contributed by atoms with van der Waals surface area (Å²) in [6, 6.07) is 5.97. The topological polar surface area (TPSA) is 45.9 Å². The molecule has 0 fully saturated rings. The van der Waals surface area contributed by atoms with E-state index in [0.29, 0.717) is 5.69 Å². The highest BCUT2D eigenvalue weighted by molar-refractivity contribution is 7.13. The number of thiazole rings is 1. The highest BCUT2D eigenvalue weighted by Gasteiger charge is 2.11. The molecule has 0 radical (unpaired) electrons. The van der Waals surface area contributed by atoms with E-state index in [-0.39, 0.29) is 0 Å². The molecular weight excluding hydrogens is 232 g/mol. The fourth-order valence-electron chi connectivity index (χ4n) is 1.70. The molecule has 86 valence electrons. The SMILES string of the molecule is COc1ccc(-c2nc(C#N)cs2)c(C)c1C. The van der Waals surface area contributed by atoms with Crippen LogP contribution in [0.25, 0.3) is 10.6 Å². The molecule has 17 heavy (non-hydrogen) atoms. The first-order valence-corrected chi connectivity index (χ1v) is 6.05. The summed E-state index contributed by atoms with van der Waals surface area (Å²) in [4.78, 5) is 4.27. The van der Waals surface area contributed by atoms with Gasteiger partial charge in [-0.15, -0.1) is 11.3 Å². The molecule has 0 spiro atoms. The molecule has 0 saturated carbocycles. The number of ether oxygens (including phenoxy) is 1. The van der Waals surface area contributed by atoms with Crippen molar-refractivity contribution in [2.45, 2.75) is 13.8 Å². The highest BCUT2D eigenvalue weighted by atomic mass is 32.1. The average molecular weight is 244 g/mol. The second-order valence-electron chi connectivity index (χ2n) is 3.72. The molecule has 0 atom stereocenters. The molecule has 0 unspecified atom stereocenters. The minimum absolute atomic E-state index is 0.470. The third-order valence-corrected chi connectivity index (χ3v) is 3.68. The Labute approximate surface area is 104 Å². The second kappa shape index (κ2) is 4.56. The van der Waals surface area contributed by atoms with Crippen molar-refractivity contribution in [3.8, 4) is 22.4 Å². The zero-order chi connectivity index (χ0) is 12.4. The number of methoxy groups -OCH3 is 1. The minimum atomic E-state index is 0.470. The molecule has 0 amide bonds. The summed E-state index contributed by atoms with van der Waals surface area (Å²) in [6.07, 6.45) is 0. The van der Waals surface area contributed by atoms with Gasteiger partial charge in [0.2, 0.25) is 0 Å². The molecule has 0 aliphatic rings. The molecule has 0 saturated heterocycles. The van der Waals surface area contributed by atoms with Crippen LogP contribution in [-0.2, 0) is 0 Å². The van der Waals surface area contributed by atoms with Gasteiger partial charge in [0.05, 0.1) is 7.11 Å². The summed E-state index contributed by atoms with van der Waals surface area (Å²) in [5, 5.41) is 11.4. The standard InChI is InChI=1S/C13H12N2OS/c1-8-9(2)12(16-3)5-4-11(8)13-15-10(6-14)7-17-13/h4-5,7H,1-3H3. The smallest absolute Gasteiger partial charge is 0.152 e. The Morgan fingerprint density at radius 1 is 1.29 bits per heavy atom. The lowest BCUT2D eigenvalue weighted by molar-refractivity contribution is 0.411. The van der Waals surface area contributed by atoms with Gasteiger partial charge in [-0.3, -0.25) is 0 Å². The van der Waals surface area contributed by atoms with Crippen LogP contribution in [0, 0.1) is 25.2 Å². The molecule has 4 heteroatoms. The van der Waals surface area contributed by atoms with Crippen LogP contribution in [0.2, 0.25) is 0 Å². The molecule has 2 rings (SSSR count). The molecule has 0 aliphatic heterocycles. The second-order valence-corrected chi connectivity index (χ2v) is 4.57. The van der Waals surface area contributed by atoms with Crippen molar-refractivity contribution in [1.82, 2.24) is 4.98 Å². The summed E-state index contributed by atoms with van der Waals surface area (Å²) in [5.74, 6) is 0.878. The molecule has 1 heterocycles. The number of benzene rings is 1. The van der Waals surface area contributed by atoms with Crippen molar-refractivity contribution in [2.75, 3.05) is 7.11 Å². The maximum atomic E-state index is 8.78. The molecule has 0 N–H and O–H groups in total. The first kappa shape index (κ1) is 11.6. The lowest BCUT2D eigenvalue weighted by Crippen LogP contribution is -1.92. The first-order chi connectivity index (χ1) is 8.17. The van der Waals surface area contributed by atoms with E-state index in [1.54, 1.807) is 12.5 Å². The van der Waals surface area contributed by atoms with Gasteiger partial charge in [-0.05, 0) is 37.1 Å². The third-order valence-electron chi connectivity index (χ3n) is 2.81. The Kier molecular flexibility index (Phi) is 3.12. The van der Waals surface area contributed by atoms with Crippen LogP contribution in [0.1, 0.15) is 16.8 Å². The van der Waals surface area contributed by atoms with Gasteiger partial charge in [-0.1, -0.05) is 0 Å². The summed E-state index contributed by atoms with van der Waals surface area (Å²) in [7, 11) is 1.67. The number of rotatable bonds is 2. The molecule has 0 aliphatic carbocycles. The average Bonchev–Trinajstić information content (AvgIpc) is 2.81. The Bertz CT molecular complexity index is 596. The van der Waals surface area contributed by atoms with Crippen molar-refractivity contribution in [1.29, 1.82) is 5.26 Å². The number of nitrogens with zero attached hydrogens (tertiary/aromatic N) is 2. The zero-order valence-corrected chi connectivity index (χ0v) is 10.8. The van der Waals surface area contributed by atoms with Gasteiger partial charge in [0.15, 0.2) is 5.69 Å². The largest absolute Gasteiger partial charge is 0.496 e. The number of nitriles is 1. The Hall–Kier alpha value is -1.86. The van der Waals surface area contributed by atoms with E-state index in [9.17, 15) is 0 Å². The van der Waals surface area contributed by atoms with Crippen LogP contribution in [0.4, 0.5) is 0 Å². The fraction of sp³-hybridized carbons (Fsp3) is 0.231. The van der Waals surface area contributed by atoms with Crippen LogP contribution >= 0.6 is 11.3 Å². The first-order valence-electron chi connectivity index (χ1n) is 5.17. The van der Waals surface area contributed by atoms with E-state index >= 15 is 0 Å². The van der Waals surface area contributed by atoms with Crippen molar-refractivity contribution >= 4 is 11.3 Å². The molecule has 1 aromatic carbocycles. The van der Waals surface area contributed by atoms with E-state index in [2.05, 4.69) is 4.98 Å². The van der Waals surface area contributed by atoms with Gasteiger partial charge >= 0.3 is 0 Å². The number of aromatic nitrogens is 1. The van der Waals surface area contributed by atoms with E-state index in [1.165, 1.54) is 11.3 Å². The third kappa shape index (κ3) is 2.02. The summed E-state index contributed by atoms with van der Waals surface area (Å²) in [5.41, 5.74) is 3.79. The lowest BCUT2D eigenvalue weighted by Gasteiger charge is -2.10. The predicted molar refractivity (Wildman–Crippen MR) is 68.3 cm³/mol. The van der Waals surface area contributed by atoms with E-state index in [0.717, 1.165) is 27.4 Å². The van der Waals surface area contributed by atoms with Crippen molar-refractivity contribution in [3.63, 3.8) is 0 Å². The quantitative estimate of drug-likeness (QED) is 0.814. The van der Waals surface area contributed by atoms with Crippen LogP contribution < -0.4 is 4.74 Å². The zero-order valence-electron chi connectivity index (χ0n) is 9.94. The Balaban J connectivity index is 2.54. The highest BCUT2D eigenvalue weighted by Crippen LogP contribution is 2.32. The summed E-state index contributed by atoms with van der Waals surface area (Å²) < 4.78 is 5.27. The van der Waals surface area contributed by atoms with Crippen molar-refractivity contribution < 1.29 is 4.74 Å². The molecule has 3 nitrogen and oxygen atoms in total. The van der Waals surface area contributed by atoms with E-state index in [4.69, 9.17) is 10.00 Å². The summed E-state index contributed by atoms with van der Waals surface area (Å²) in [6.45, 7) is 4.07. The van der Waals surface area contributed by atoms with E-state index in [1.807, 2.05) is 32.0 Å². The molecule has 0 bridgehead atoms. The maximum Gasteiger partial charge on any atom is 0.152 e. The van der Waals surface area contributed by atoms with Crippen LogP contribution in [0.3, 0.4) is 0 Å². The van der Waals surface area contributed by atoms with Gasteiger partial charge in [0.25, 0.3) is 0 Å². The predicted octanol–water partition coefficient (Wildman–Crippen LogP) is 3.31. The molecular formula is C13H12N2OS. The molecule has 2 aromatic rings. The monoisotopic (exact) mass is 244 g/mol. The van der Waals surface area contributed by atoms with Gasteiger partial charge in [0.1, 0.15) is 16.8 Å². The van der Waals surface area contributed by atoms with Crippen molar-refractivity contribution in [2.24, 2.45) is 0 Å². The summed E-state index contributed by atoms with van der Waals surface area (Å²) >= 11 is 1.49. The molecule has 1 aromatic heterocycles. The Morgan fingerprint density at radius 2 is 2.06 bits per heavy atom. The Morgan fingerprint density at radius 3 is 2.65 bits per heavy atom. The fourth-order valence-corrected chi connectivity index (χ4v) is 2.53. The van der Waals surface area contributed by atoms with E-state index < -0.39 is 0 Å². The van der Waals surface area contributed by atoms with Gasteiger partial charge in [-0.25, -0.2) is 4.98 Å². The maximum absolute atomic E-state index is 8.78. The van der Waals surface area contributed by atoms with Gasteiger partial charge in [-0.2, -0.15) is 5.26 Å². The van der Waals surface area contributed by atoms with Gasteiger partial charge in [0, 0.05) is 10.9 Å². The van der Waals surface area contributed by atoms with Crippen LogP contribution in [0.15, 0.2) is 17.5 Å². The van der Waals surface area contributed by atoms with Crippen molar-refractivity contribution in [3.05, 3.63) is 34.3 Å². The normalized spacial score (nSPS) is 10.0. The van der Waals surface area contributed by atoms with Gasteiger partial charge < -0.3 is 4.74 Å².